The Morgan fingerprint density at radius 3 is 2.81 bits per heavy atom. The van der Waals surface area contributed by atoms with Gasteiger partial charge in [0.1, 0.15) is 18.2 Å². The summed E-state index contributed by atoms with van der Waals surface area (Å²) in [4.78, 5) is 43.7. The van der Waals surface area contributed by atoms with Crippen LogP contribution in [0.5, 0.6) is 0 Å². The molecule has 0 bridgehead atoms. The van der Waals surface area contributed by atoms with Crippen LogP contribution in [0.4, 0.5) is 0 Å². The van der Waals surface area contributed by atoms with Crippen molar-refractivity contribution in [1.29, 1.82) is 0 Å². The second-order valence-electron chi connectivity index (χ2n) is 6.92. The van der Waals surface area contributed by atoms with Gasteiger partial charge in [-0.25, -0.2) is 14.6 Å². The number of aromatic amines is 1. The Balaban J connectivity index is 1.76. The number of unbranched alkanes of at least 4 members (excludes halogenated alkanes) is 1. The second kappa shape index (κ2) is 10.9. The molecule has 0 saturated heterocycles. The summed E-state index contributed by atoms with van der Waals surface area (Å²) < 4.78 is 13.8. The van der Waals surface area contributed by atoms with Gasteiger partial charge in [-0.15, -0.1) is 11.8 Å². The number of ether oxygens (including phenoxy) is 1. The molecule has 0 atom stereocenters. The van der Waals surface area contributed by atoms with E-state index in [2.05, 4.69) is 9.97 Å². The number of nitrogens with zero attached hydrogens (tertiary/aromatic N) is 3. The maximum absolute atomic E-state index is 12.5. The van der Waals surface area contributed by atoms with Crippen molar-refractivity contribution in [3.8, 4) is 0 Å². The van der Waals surface area contributed by atoms with Crippen molar-refractivity contribution in [2.24, 2.45) is 0 Å². The average molecular weight is 447 g/mol. The van der Waals surface area contributed by atoms with Crippen LogP contribution in [0.3, 0.4) is 0 Å². The molecule has 0 unspecified atom stereocenters. The molecule has 1 N–H and O–H groups in total. The molecule has 0 aliphatic heterocycles. The number of nitrogens with one attached hydrogen (secondary N) is 1. The van der Waals surface area contributed by atoms with E-state index in [1.807, 2.05) is 26.0 Å². The molecule has 3 rings (SSSR count). The van der Waals surface area contributed by atoms with E-state index in [0.717, 1.165) is 25.0 Å². The van der Waals surface area contributed by atoms with Crippen molar-refractivity contribution < 1.29 is 13.9 Å². The van der Waals surface area contributed by atoms with Crippen LogP contribution < -0.4 is 11.2 Å². The Morgan fingerprint density at radius 1 is 1.26 bits per heavy atom. The number of thioether (sulfide) groups is 1. The van der Waals surface area contributed by atoms with Crippen molar-refractivity contribution in [2.75, 3.05) is 0 Å². The molecule has 3 heterocycles. The molecule has 10 heteroatoms. The third kappa shape index (κ3) is 5.57. The smallest absolute Gasteiger partial charge is 0.331 e. The zero-order valence-electron chi connectivity index (χ0n) is 17.6. The number of furan rings is 1. The fourth-order valence-corrected chi connectivity index (χ4v) is 3.76. The lowest BCUT2D eigenvalue weighted by atomic mass is 10.3. The van der Waals surface area contributed by atoms with Crippen LogP contribution in [0.1, 0.15) is 44.7 Å². The molecule has 0 aliphatic carbocycles. The molecule has 9 nitrogen and oxygen atoms in total. The maximum atomic E-state index is 12.5. The van der Waals surface area contributed by atoms with Crippen molar-refractivity contribution >= 4 is 28.9 Å². The Bertz CT molecular complexity index is 1160. The summed E-state index contributed by atoms with van der Waals surface area (Å²) in [6.07, 6.45) is 5.38. The highest BCUT2D eigenvalue weighted by molar-refractivity contribution is 8.01. The van der Waals surface area contributed by atoms with Gasteiger partial charge < -0.3 is 13.7 Å². The van der Waals surface area contributed by atoms with Crippen molar-refractivity contribution in [2.45, 2.75) is 58.6 Å². The molecule has 0 saturated carbocycles. The number of carbonyl (C=O) groups excluding carboxylic acids is 1. The lowest BCUT2D eigenvalue weighted by molar-refractivity contribution is -0.139. The predicted octanol–water partition coefficient (Wildman–Crippen LogP) is 3.18. The summed E-state index contributed by atoms with van der Waals surface area (Å²) in [6.45, 7) is 4.88. The Labute approximate surface area is 183 Å². The Morgan fingerprint density at radius 2 is 2.10 bits per heavy atom. The molecule has 166 valence electrons. The van der Waals surface area contributed by atoms with E-state index >= 15 is 0 Å². The molecular weight excluding hydrogens is 420 g/mol. The van der Waals surface area contributed by atoms with Crippen LogP contribution >= 0.6 is 11.8 Å². The van der Waals surface area contributed by atoms with Crippen molar-refractivity contribution in [1.82, 2.24) is 19.1 Å². The molecule has 3 aromatic heterocycles. The second-order valence-corrected chi connectivity index (χ2v) is 7.81. The first-order chi connectivity index (χ1) is 15.0. The highest BCUT2D eigenvalue weighted by atomic mass is 32.2. The lowest BCUT2D eigenvalue weighted by Gasteiger charge is -2.07. The van der Waals surface area contributed by atoms with Gasteiger partial charge in [-0.1, -0.05) is 20.3 Å². The van der Waals surface area contributed by atoms with Crippen LogP contribution in [-0.4, -0.2) is 25.1 Å². The Hall–Kier alpha value is -3.01. The van der Waals surface area contributed by atoms with E-state index in [1.165, 1.54) is 22.4 Å². The van der Waals surface area contributed by atoms with Crippen LogP contribution in [0.2, 0.25) is 0 Å². The summed E-state index contributed by atoms with van der Waals surface area (Å²) in [6, 6.07) is 3.67. The van der Waals surface area contributed by atoms with E-state index in [9.17, 15) is 14.4 Å². The number of H-pyrrole nitrogens is 1. The van der Waals surface area contributed by atoms with Gasteiger partial charge in [0.25, 0.3) is 5.56 Å². The third-order valence-corrected chi connectivity index (χ3v) is 5.38. The van der Waals surface area contributed by atoms with Gasteiger partial charge in [0.2, 0.25) is 0 Å². The Kier molecular flexibility index (Phi) is 7.94. The van der Waals surface area contributed by atoms with Crippen molar-refractivity contribution in [3.05, 3.63) is 62.3 Å². The summed E-state index contributed by atoms with van der Waals surface area (Å²) in [7, 11) is 0. The summed E-state index contributed by atoms with van der Waals surface area (Å²) in [5.74, 6) is 1.35. The van der Waals surface area contributed by atoms with Crippen LogP contribution in [0.15, 0.2) is 43.9 Å². The predicted molar refractivity (Wildman–Crippen MR) is 119 cm³/mol. The standard InChI is InChI=1S/C21H26N4O5S/c1-3-5-10-25-19-18(20(27)23-21(25)28)24(9-4-2)16(22-19)13-30-17(26)8-12-31-14-15-7-6-11-29-15/h6-8,11-12H,3-5,9-10,13-14H2,1-2H3,(H,23,27,28). The van der Waals surface area contributed by atoms with E-state index < -0.39 is 17.2 Å². The summed E-state index contributed by atoms with van der Waals surface area (Å²) >= 11 is 1.41. The SMILES string of the molecule is CCCCn1c(=O)[nH]c(=O)c2c1nc(COC(=O)C=CSCc1ccco1)n2CCC. The molecule has 0 aromatic carbocycles. The number of rotatable bonds is 11. The number of hydrogen-bond acceptors (Lipinski definition) is 7. The average Bonchev–Trinajstić information content (AvgIpc) is 3.38. The molecular formula is C21H26N4O5S. The minimum absolute atomic E-state index is 0.0951. The topological polar surface area (TPSA) is 112 Å². The number of hydrogen-bond donors (Lipinski definition) is 1. The molecule has 0 fully saturated rings. The number of aromatic nitrogens is 4. The van der Waals surface area contributed by atoms with Gasteiger partial charge >= 0.3 is 11.7 Å². The number of fused-ring (bicyclic) bond motifs is 1. The fourth-order valence-electron chi connectivity index (χ4n) is 3.13. The minimum atomic E-state index is -0.515. The van der Waals surface area contributed by atoms with E-state index in [4.69, 9.17) is 9.15 Å². The fraction of sp³-hybridized carbons (Fsp3) is 0.429. The molecule has 0 spiro atoms. The first-order valence-corrected chi connectivity index (χ1v) is 11.3. The maximum Gasteiger partial charge on any atom is 0.331 e. The highest BCUT2D eigenvalue weighted by Crippen LogP contribution is 2.15. The first-order valence-electron chi connectivity index (χ1n) is 10.2. The van der Waals surface area contributed by atoms with E-state index in [1.54, 1.807) is 16.2 Å². The molecule has 0 amide bonds. The summed E-state index contributed by atoms with van der Waals surface area (Å²) in [5.41, 5.74) is -0.313. The van der Waals surface area contributed by atoms with E-state index in [0.29, 0.717) is 35.8 Å². The van der Waals surface area contributed by atoms with Gasteiger partial charge in [0.05, 0.1) is 12.0 Å². The monoisotopic (exact) mass is 446 g/mol. The number of imidazole rings is 1. The normalized spacial score (nSPS) is 11.5. The lowest BCUT2D eigenvalue weighted by Crippen LogP contribution is -2.31. The third-order valence-electron chi connectivity index (χ3n) is 4.60. The molecule has 0 radical (unpaired) electrons. The van der Waals surface area contributed by atoms with Crippen LogP contribution in [-0.2, 0) is 35.0 Å². The number of esters is 1. The molecule has 3 aromatic rings. The quantitative estimate of drug-likeness (QED) is 0.356. The highest BCUT2D eigenvalue weighted by Gasteiger charge is 2.18. The zero-order valence-corrected chi connectivity index (χ0v) is 18.4. The molecule has 31 heavy (non-hydrogen) atoms. The minimum Gasteiger partial charge on any atom is -0.468 e. The molecule has 0 aliphatic rings. The first kappa shape index (κ1) is 22.7. The van der Waals surface area contributed by atoms with E-state index in [-0.39, 0.29) is 6.61 Å². The van der Waals surface area contributed by atoms with Gasteiger partial charge in [0.15, 0.2) is 11.2 Å². The van der Waals surface area contributed by atoms with Crippen molar-refractivity contribution in [3.63, 3.8) is 0 Å². The largest absolute Gasteiger partial charge is 0.468 e. The van der Waals surface area contributed by atoms with Crippen LogP contribution in [0, 0.1) is 0 Å². The van der Waals surface area contributed by atoms with Gasteiger partial charge in [-0.3, -0.25) is 14.3 Å². The van der Waals surface area contributed by atoms with Crippen LogP contribution in [0.25, 0.3) is 11.2 Å². The number of carbonyl (C=O) groups is 1. The summed E-state index contributed by atoms with van der Waals surface area (Å²) in [5, 5.41) is 1.65. The number of aryl methyl sites for hydroxylation is 2. The van der Waals surface area contributed by atoms with Gasteiger partial charge in [-0.05, 0) is 30.4 Å². The van der Waals surface area contributed by atoms with Gasteiger partial charge in [-0.2, -0.15) is 0 Å². The van der Waals surface area contributed by atoms with Gasteiger partial charge in [0, 0.05) is 19.2 Å². The zero-order chi connectivity index (χ0) is 22.2.